The summed E-state index contributed by atoms with van der Waals surface area (Å²) in [7, 11) is -0.818. The molecule has 1 aliphatic rings. The van der Waals surface area contributed by atoms with Gasteiger partial charge in [-0.2, -0.15) is 5.11 Å². The fraction of sp³-hybridized carbons (Fsp3) is 0.538. The van der Waals surface area contributed by atoms with E-state index in [1.165, 1.54) is 18.2 Å². The van der Waals surface area contributed by atoms with Crippen molar-refractivity contribution < 1.29 is 18.4 Å². The number of benzene rings is 1. The third-order valence-corrected chi connectivity index (χ3v) is 3.77. The number of hydrogen-bond acceptors (Lipinski definition) is 5. The van der Waals surface area contributed by atoms with Gasteiger partial charge in [0.15, 0.2) is 0 Å². The van der Waals surface area contributed by atoms with E-state index in [1.54, 1.807) is 0 Å². The minimum absolute atomic E-state index is 0.0618. The van der Waals surface area contributed by atoms with Crippen molar-refractivity contribution in [3.8, 4) is 0 Å². The highest BCUT2D eigenvalue weighted by molar-refractivity contribution is 6.37. The summed E-state index contributed by atoms with van der Waals surface area (Å²) in [6.45, 7) is 7.74. The molecule has 0 aromatic heterocycles. The zero-order valence-corrected chi connectivity index (χ0v) is 12.1. The van der Waals surface area contributed by atoms with Crippen LogP contribution < -0.4 is 0 Å². The number of nitrogens with one attached hydrogen (secondary N) is 1. The SMILES string of the molecule is CC1(C)OB(OCc2cc(F)ccc2N=N)OC1(C)C. The molecule has 5 nitrogen and oxygen atoms in total. The Hall–Kier alpha value is -1.31. The average Bonchev–Trinajstić information content (AvgIpc) is 2.55. The van der Waals surface area contributed by atoms with Gasteiger partial charge in [0, 0.05) is 5.56 Å². The quantitative estimate of drug-likeness (QED) is 0.677. The summed E-state index contributed by atoms with van der Waals surface area (Å²) < 4.78 is 30.1. The highest BCUT2D eigenvalue weighted by atomic mass is 19.1. The maximum atomic E-state index is 13.2. The summed E-state index contributed by atoms with van der Waals surface area (Å²) in [6.07, 6.45) is 0. The van der Waals surface area contributed by atoms with Crippen molar-refractivity contribution >= 4 is 13.0 Å². The molecule has 0 radical (unpaired) electrons. The van der Waals surface area contributed by atoms with E-state index >= 15 is 0 Å². The van der Waals surface area contributed by atoms with Crippen LogP contribution in [0.2, 0.25) is 0 Å². The summed E-state index contributed by atoms with van der Waals surface area (Å²) in [4.78, 5) is 0. The Morgan fingerprint density at radius 1 is 1.25 bits per heavy atom. The molecular weight excluding hydrogens is 262 g/mol. The van der Waals surface area contributed by atoms with Crippen LogP contribution >= 0.6 is 0 Å². The van der Waals surface area contributed by atoms with Crippen LogP contribution in [0.4, 0.5) is 10.1 Å². The van der Waals surface area contributed by atoms with Crippen LogP contribution in [-0.4, -0.2) is 18.5 Å². The summed E-state index contributed by atoms with van der Waals surface area (Å²) in [5.74, 6) is -0.398. The van der Waals surface area contributed by atoms with Crippen LogP contribution in [0.3, 0.4) is 0 Å². The standard InChI is InChI=1S/C13H18BFN2O3/c1-12(2)13(3,4)20-14(19-12)18-8-9-7-10(15)5-6-11(9)17-16/h5-7,16H,8H2,1-4H3. The Morgan fingerprint density at radius 2 is 1.85 bits per heavy atom. The Labute approximate surface area is 118 Å². The van der Waals surface area contributed by atoms with Gasteiger partial charge in [-0.15, -0.1) is 0 Å². The van der Waals surface area contributed by atoms with E-state index in [2.05, 4.69) is 5.11 Å². The molecule has 0 aliphatic carbocycles. The topological polar surface area (TPSA) is 63.9 Å². The van der Waals surface area contributed by atoms with Crippen molar-refractivity contribution in [1.29, 1.82) is 5.53 Å². The fourth-order valence-corrected chi connectivity index (χ4v) is 1.79. The molecule has 1 aromatic rings. The summed E-state index contributed by atoms with van der Waals surface area (Å²) in [6, 6.07) is 3.98. The second-order valence-electron chi connectivity index (χ2n) is 5.74. The molecule has 0 atom stereocenters. The second-order valence-corrected chi connectivity index (χ2v) is 5.74. The Balaban J connectivity index is 2.04. The molecule has 7 heteroatoms. The molecule has 0 spiro atoms. The number of halogens is 1. The molecule has 0 bridgehead atoms. The Bertz CT molecular complexity index is 506. The maximum Gasteiger partial charge on any atom is 0.640 e. The fourth-order valence-electron chi connectivity index (χ4n) is 1.79. The molecule has 1 aliphatic heterocycles. The van der Waals surface area contributed by atoms with E-state index in [4.69, 9.17) is 19.5 Å². The summed E-state index contributed by atoms with van der Waals surface area (Å²) in [5, 5.41) is 3.34. The van der Waals surface area contributed by atoms with E-state index < -0.39 is 24.3 Å². The van der Waals surface area contributed by atoms with E-state index in [0.717, 1.165) is 0 Å². The van der Waals surface area contributed by atoms with Crippen molar-refractivity contribution in [3.63, 3.8) is 0 Å². The normalized spacial score (nSPS) is 20.1. The van der Waals surface area contributed by atoms with Crippen LogP contribution in [0.1, 0.15) is 33.3 Å². The lowest BCUT2D eigenvalue weighted by atomic mass is 9.90. The van der Waals surface area contributed by atoms with Gasteiger partial charge >= 0.3 is 7.32 Å². The van der Waals surface area contributed by atoms with E-state index in [1.807, 2.05) is 27.7 Å². The van der Waals surface area contributed by atoms with E-state index in [9.17, 15) is 4.39 Å². The first-order chi connectivity index (χ1) is 9.25. The lowest BCUT2D eigenvalue weighted by Crippen LogP contribution is -2.41. The maximum absolute atomic E-state index is 13.2. The van der Waals surface area contributed by atoms with Gasteiger partial charge < -0.3 is 14.0 Å². The molecule has 2 rings (SSSR count). The molecule has 1 aromatic carbocycles. The van der Waals surface area contributed by atoms with Gasteiger partial charge in [0.05, 0.1) is 23.5 Å². The first-order valence-electron chi connectivity index (χ1n) is 6.38. The third-order valence-electron chi connectivity index (χ3n) is 3.77. The van der Waals surface area contributed by atoms with Crippen LogP contribution in [0.15, 0.2) is 23.3 Å². The molecule has 108 valence electrons. The predicted octanol–water partition coefficient (Wildman–Crippen LogP) is 3.59. The van der Waals surface area contributed by atoms with E-state index in [0.29, 0.717) is 11.3 Å². The summed E-state index contributed by atoms with van der Waals surface area (Å²) >= 11 is 0. The first kappa shape index (κ1) is 15.1. The van der Waals surface area contributed by atoms with Crippen LogP contribution in [0.25, 0.3) is 0 Å². The Morgan fingerprint density at radius 3 is 2.40 bits per heavy atom. The van der Waals surface area contributed by atoms with Crippen molar-refractivity contribution in [1.82, 2.24) is 0 Å². The van der Waals surface area contributed by atoms with Gasteiger partial charge in [0.25, 0.3) is 0 Å². The number of rotatable bonds is 4. The first-order valence-corrected chi connectivity index (χ1v) is 6.38. The van der Waals surface area contributed by atoms with Crippen LogP contribution in [-0.2, 0) is 20.6 Å². The summed E-state index contributed by atoms with van der Waals surface area (Å²) in [5.41, 5.74) is 6.93. The second kappa shape index (κ2) is 5.23. The molecule has 1 saturated heterocycles. The van der Waals surface area contributed by atoms with Gasteiger partial charge in [0.1, 0.15) is 5.82 Å². The molecule has 0 saturated carbocycles. The lowest BCUT2D eigenvalue weighted by molar-refractivity contribution is 0.00578. The highest BCUT2D eigenvalue weighted by Gasteiger charge is 2.52. The average molecular weight is 280 g/mol. The van der Waals surface area contributed by atoms with Gasteiger partial charge in [-0.1, -0.05) is 0 Å². The zero-order chi connectivity index (χ0) is 15.0. The number of hydrogen-bond donors (Lipinski definition) is 1. The molecule has 0 amide bonds. The smallest absolute Gasteiger partial charge is 0.382 e. The van der Waals surface area contributed by atoms with Gasteiger partial charge in [0.2, 0.25) is 0 Å². The monoisotopic (exact) mass is 280 g/mol. The van der Waals surface area contributed by atoms with E-state index in [-0.39, 0.29) is 6.61 Å². The van der Waals surface area contributed by atoms with Crippen molar-refractivity contribution in [2.45, 2.75) is 45.5 Å². The lowest BCUT2D eigenvalue weighted by Gasteiger charge is -2.31. The van der Waals surface area contributed by atoms with Crippen molar-refractivity contribution in [2.24, 2.45) is 5.11 Å². The molecule has 1 N–H and O–H groups in total. The van der Waals surface area contributed by atoms with Gasteiger partial charge in [-0.25, -0.2) is 9.92 Å². The van der Waals surface area contributed by atoms with Crippen LogP contribution in [0.5, 0.6) is 0 Å². The minimum Gasteiger partial charge on any atom is -0.382 e. The van der Waals surface area contributed by atoms with Gasteiger partial charge in [-0.3, -0.25) is 0 Å². The number of nitrogens with zero attached hydrogens (tertiary/aromatic N) is 1. The van der Waals surface area contributed by atoms with Crippen molar-refractivity contribution in [3.05, 3.63) is 29.6 Å². The molecule has 0 unspecified atom stereocenters. The predicted molar refractivity (Wildman–Crippen MR) is 72.1 cm³/mol. The molecular formula is C13H18BFN2O3. The van der Waals surface area contributed by atoms with Crippen molar-refractivity contribution in [2.75, 3.05) is 0 Å². The third kappa shape index (κ3) is 2.89. The van der Waals surface area contributed by atoms with Gasteiger partial charge in [-0.05, 0) is 45.9 Å². The van der Waals surface area contributed by atoms with Crippen LogP contribution in [0, 0.1) is 11.3 Å². The largest absolute Gasteiger partial charge is 0.640 e. The molecule has 20 heavy (non-hydrogen) atoms. The molecule has 1 heterocycles. The Kier molecular flexibility index (Phi) is 3.95. The highest BCUT2D eigenvalue weighted by Crippen LogP contribution is 2.37. The minimum atomic E-state index is -0.818. The molecule has 1 fully saturated rings. The zero-order valence-electron chi connectivity index (χ0n) is 12.1.